The van der Waals surface area contributed by atoms with E-state index < -0.39 is 0 Å². The van der Waals surface area contributed by atoms with E-state index in [0.717, 1.165) is 38.5 Å². The van der Waals surface area contributed by atoms with E-state index in [9.17, 15) is 0 Å². The Labute approximate surface area is 154 Å². The van der Waals surface area contributed by atoms with Crippen molar-refractivity contribution < 1.29 is 4.74 Å². The molecule has 4 aromatic rings. The van der Waals surface area contributed by atoms with Gasteiger partial charge in [-0.2, -0.15) is 0 Å². The summed E-state index contributed by atoms with van der Waals surface area (Å²) in [5.74, 6) is 0.813. The second-order valence-corrected chi connectivity index (χ2v) is 6.75. The van der Waals surface area contributed by atoms with Gasteiger partial charge in [0, 0.05) is 30.8 Å². The van der Waals surface area contributed by atoms with Crippen LogP contribution >= 0.6 is 11.3 Å². The number of nitrogen functional groups attached to an aromatic ring is 1. The Bertz CT molecular complexity index is 1020. The number of rotatable bonds is 6. The lowest BCUT2D eigenvalue weighted by atomic mass is 10.0. The summed E-state index contributed by atoms with van der Waals surface area (Å²) < 4.78 is 5.09. The molecule has 0 fully saturated rings. The van der Waals surface area contributed by atoms with Gasteiger partial charge < -0.3 is 20.8 Å². The molecule has 0 bridgehead atoms. The van der Waals surface area contributed by atoms with E-state index in [-0.39, 0.29) is 0 Å². The van der Waals surface area contributed by atoms with Crippen molar-refractivity contribution in [2.75, 3.05) is 31.3 Å². The van der Waals surface area contributed by atoms with Crippen molar-refractivity contribution >= 4 is 33.3 Å². The Morgan fingerprint density at radius 3 is 2.69 bits per heavy atom. The number of hydrogen-bond acceptors (Lipinski definition) is 7. The van der Waals surface area contributed by atoms with E-state index in [2.05, 4.69) is 43.7 Å². The van der Waals surface area contributed by atoms with Crippen LogP contribution in [-0.2, 0) is 4.74 Å². The maximum atomic E-state index is 5.67. The van der Waals surface area contributed by atoms with E-state index in [0.29, 0.717) is 18.3 Å². The minimum absolute atomic E-state index is 0.471. The summed E-state index contributed by atoms with van der Waals surface area (Å²) in [7, 11) is 1.68. The van der Waals surface area contributed by atoms with E-state index in [1.165, 1.54) is 11.3 Å². The van der Waals surface area contributed by atoms with Crippen LogP contribution in [0, 0.1) is 0 Å². The third-order valence-electron chi connectivity index (χ3n) is 4.02. The van der Waals surface area contributed by atoms with E-state index >= 15 is 0 Å². The van der Waals surface area contributed by atoms with Crippen molar-refractivity contribution in [2.45, 2.75) is 0 Å². The molecular weight excluding hydrogens is 348 g/mol. The highest BCUT2D eigenvalue weighted by molar-refractivity contribution is 7.18. The Balaban J connectivity index is 1.69. The second kappa shape index (κ2) is 7.11. The molecule has 0 radical (unpaired) electrons. The molecule has 0 amide bonds. The number of nitrogens with zero attached hydrogens (tertiary/aromatic N) is 3. The molecule has 0 aliphatic carbocycles. The Kier molecular flexibility index (Phi) is 4.51. The molecule has 8 heteroatoms. The van der Waals surface area contributed by atoms with Gasteiger partial charge in [-0.25, -0.2) is 4.98 Å². The normalized spacial score (nSPS) is 11.1. The van der Waals surface area contributed by atoms with Crippen LogP contribution in [0.2, 0.25) is 0 Å². The number of fused-ring (bicyclic) bond motifs is 1. The van der Waals surface area contributed by atoms with Gasteiger partial charge in [-0.1, -0.05) is 35.6 Å². The third kappa shape index (κ3) is 3.24. The van der Waals surface area contributed by atoms with Crippen molar-refractivity contribution in [3.63, 3.8) is 0 Å². The van der Waals surface area contributed by atoms with Gasteiger partial charge in [-0.15, -0.1) is 10.2 Å². The molecule has 4 rings (SSSR count). The van der Waals surface area contributed by atoms with Crippen LogP contribution in [0.25, 0.3) is 32.7 Å². The molecule has 26 heavy (non-hydrogen) atoms. The minimum atomic E-state index is 0.471. The zero-order chi connectivity index (χ0) is 17.9. The molecule has 0 spiro atoms. The monoisotopic (exact) mass is 366 g/mol. The molecule has 0 aliphatic rings. The molecule has 0 saturated carbocycles. The molecule has 0 unspecified atom stereocenters. The summed E-state index contributed by atoms with van der Waals surface area (Å²) in [4.78, 5) is 7.80. The fraction of sp³-hybridized carbons (Fsp3) is 0.167. The highest BCUT2D eigenvalue weighted by Gasteiger charge is 2.10. The topological polar surface area (TPSA) is 102 Å². The molecule has 132 valence electrons. The zero-order valence-corrected chi connectivity index (χ0v) is 15.0. The van der Waals surface area contributed by atoms with Gasteiger partial charge in [0.2, 0.25) is 5.13 Å². The first-order valence-corrected chi connectivity index (χ1v) is 8.97. The maximum Gasteiger partial charge on any atom is 0.203 e. The fourth-order valence-corrected chi connectivity index (χ4v) is 3.41. The molecule has 3 aromatic heterocycles. The van der Waals surface area contributed by atoms with Crippen molar-refractivity contribution in [1.29, 1.82) is 0 Å². The van der Waals surface area contributed by atoms with Gasteiger partial charge in [0.05, 0.1) is 6.61 Å². The number of nitrogens with two attached hydrogens (primary N) is 1. The second-order valence-electron chi connectivity index (χ2n) is 5.74. The SMILES string of the molecule is COCCNc1cc(-c2ccc(-c3nnc(N)s3)cc2)c2cc[nH]c2n1. The van der Waals surface area contributed by atoms with Crippen molar-refractivity contribution in [3.05, 3.63) is 42.6 Å². The van der Waals surface area contributed by atoms with Crippen LogP contribution in [0.5, 0.6) is 0 Å². The number of nitrogens with one attached hydrogen (secondary N) is 2. The molecule has 3 heterocycles. The van der Waals surface area contributed by atoms with Crippen LogP contribution in [0.3, 0.4) is 0 Å². The van der Waals surface area contributed by atoms with Gasteiger partial charge >= 0.3 is 0 Å². The standard InChI is InChI=1S/C18H18N6OS/c1-25-9-8-20-15-10-14(13-6-7-21-16(13)22-15)11-2-4-12(5-3-11)17-23-24-18(19)26-17/h2-7,10H,8-9H2,1H3,(H2,19,24)(H2,20,21,22). The van der Waals surface area contributed by atoms with Gasteiger partial charge in [0.25, 0.3) is 0 Å². The maximum absolute atomic E-state index is 5.67. The number of methoxy groups -OCH3 is 1. The summed E-state index contributed by atoms with van der Waals surface area (Å²) in [6.45, 7) is 1.33. The summed E-state index contributed by atoms with van der Waals surface area (Å²) in [6, 6.07) is 12.3. The highest BCUT2D eigenvalue weighted by Crippen LogP contribution is 2.32. The Morgan fingerprint density at radius 2 is 1.96 bits per heavy atom. The smallest absolute Gasteiger partial charge is 0.203 e. The summed E-state index contributed by atoms with van der Waals surface area (Å²) in [6.07, 6.45) is 1.90. The highest BCUT2D eigenvalue weighted by atomic mass is 32.1. The van der Waals surface area contributed by atoms with Crippen molar-refractivity contribution in [1.82, 2.24) is 20.2 Å². The molecule has 7 nitrogen and oxygen atoms in total. The first kappa shape index (κ1) is 16.5. The van der Waals surface area contributed by atoms with Crippen LogP contribution < -0.4 is 11.1 Å². The number of ether oxygens (including phenoxy) is 1. The summed E-state index contributed by atoms with van der Waals surface area (Å²) in [5, 5.41) is 13.6. The number of H-pyrrole nitrogens is 1. The van der Waals surface area contributed by atoms with Crippen LogP contribution in [0.1, 0.15) is 0 Å². The lowest BCUT2D eigenvalue weighted by Crippen LogP contribution is -2.08. The molecule has 0 aliphatic heterocycles. The van der Waals surface area contributed by atoms with E-state index in [1.807, 2.05) is 24.4 Å². The summed E-state index contributed by atoms with van der Waals surface area (Å²) >= 11 is 1.38. The average molecular weight is 366 g/mol. The van der Waals surface area contributed by atoms with Gasteiger partial charge in [-0.3, -0.25) is 0 Å². The van der Waals surface area contributed by atoms with Gasteiger partial charge in [-0.05, 0) is 23.3 Å². The summed E-state index contributed by atoms with van der Waals surface area (Å²) in [5.41, 5.74) is 9.74. The predicted octanol–water partition coefficient (Wildman–Crippen LogP) is 3.39. The average Bonchev–Trinajstić information content (AvgIpc) is 3.30. The molecule has 0 atom stereocenters. The van der Waals surface area contributed by atoms with E-state index in [1.54, 1.807) is 7.11 Å². The molecular formula is C18H18N6OS. The van der Waals surface area contributed by atoms with E-state index in [4.69, 9.17) is 10.5 Å². The first-order valence-electron chi connectivity index (χ1n) is 8.15. The van der Waals surface area contributed by atoms with Crippen LogP contribution in [-0.4, -0.2) is 40.4 Å². The van der Waals surface area contributed by atoms with Gasteiger partial charge in [0.1, 0.15) is 16.5 Å². The molecule has 1 aromatic carbocycles. The largest absolute Gasteiger partial charge is 0.383 e. The zero-order valence-electron chi connectivity index (χ0n) is 14.2. The van der Waals surface area contributed by atoms with Crippen LogP contribution in [0.4, 0.5) is 10.9 Å². The quantitative estimate of drug-likeness (QED) is 0.452. The number of hydrogen-bond donors (Lipinski definition) is 3. The van der Waals surface area contributed by atoms with Crippen LogP contribution in [0.15, 0.2) is 42.6 Å². The lowest BCUT2D eigenvalue weighted by molar-refractivity contribution is 0.210. The predicted molar refractivity (Wildman–Crippen MR) is 105 cm³/mol. The van der Waals surface area contributed by atoms with Gasteiger partial charge in [0.15, 0.2) is 0 Å². The van der Waals surface area contributed by atoms with Crippen molar-refractivity contribution in [3.8, 4) is 21.7 Å². The lowest BCUT2D eigenvalue weighted by Gasteiger charge is -2.10. The Morgan fingerprint density at radius 1 is 1.15 bits per heavy atom. The molecule has 0 saturated heterocycles. The number of aromatic nitrogens is 4. The van der Waals surface area contributed by atoms with Crippen molar-refractivity contribution in [2.24, 2.45) is 0 Å². The Hall–Kier alpha value is -2.97. The first-order chi connectivity index (χ1) is 12.7. The number of anilines is 2. The fourth-order valence-electron chi connectivity index (χ4n) is 2.79. The number of aromatic amines is 1. The number of benzene rings is 1. The third-order valence-corrected chi connectivity index (χ3v) is 4.83. The molecule has 4 N–H and O–H groups in total. The minimum Gasteiger partial charge on any atom is -0.383 e. The number of pyridine rings is 1.